The summed E-state index contributed by atoms with van der Waals surface area (Å²) in [5, 5.41) is 3.19. The highest BCUT2D eigenvalue weighted by Gasteiger charge is 2.28. The molecule has 0 bridgehead atoms. The topological polar surface area (TPSA) is 30.5 Å². The van der Waals surface area contributed by atoms with E-state index in [1.54, 1.807) is 0 Å². The van der Waals surface area contributed by atoms with Crippen molar-refractivity contribution >= 4 is 0 Å². The lowest BCUT2D eigenvalue weighted by molar-refractivity contribution is -0.0571. The zero-order valence-corrected chi connectivity index (χ0v) is 8.79. The van der Waals surface area contributed by atoms with E-state index < -0.39 is 0 Å². The van der Waals surface area contributed by atoms with Gasteiger partial charge in [-0.15, -0.1) is 0 Å². The molecule has 1 fully saturated rings. The molecule has 0 saturated carbocycles. The number of hydrogen-bond donors (Lipinski definition) is 1. The smallest absolute Gasteiger partial charge is 0.121 e. The fourth-order valence-electron chi connectivity index (χ4n) is 2.17. The summed E-state index contributed by atoms with van der Waals surface area (Å²) < 4.78 is 11.2. The number of ether oxygens (including phenoxy) is 2. The number of fused-ring (bicyclic) bond motifs is 1. The second-order valence-electron chi connectivity index (χ2n) is 4.04. The van der Waals surface area contributed by atoms with Gasteiger partial charge >= 0.3 is 0 Å². The molecule has 1 N–H and O–H groups in total. The average Bonchev–Trinajstić information content (AvgIpc) is 2.26. The molecule has 0 aromatic carbocycles. The zero-order valence-electron chi connectivity index (χ0n) is 8.79. The van der Waals surface area contributed by atoms with Crippen molar-refractivity contribution in [2.75, 3.05) is 26.8 Å². The molecular weight excluding hydrogens is 178 g/mol. The molecule has 0 aromatic rings. The summed E-state index contributed by atoms with van der Waals surface area (Å²) in [5.74, 6) is 1.84. The van der Waals surface area contributed by atoms with Gasteiger partial charge in [-0.25, -0.2) is 0 Å². The van der Waals surface area contributed by atoms with Gasteiger partial charge in [0.05, 0.1) is 6.61 Å². The summed E-state index contributed by atoms with van der Waals surface area (Å²) in [6.45, 7) is 2.58. The molecule has 2 atom stereocenters. The molecule has 1 heterocycles. The molecule has 1 saturated heterocycles. The van der Waals surface area contributed by atoms with E-state index in [0.717, 1.165) is 44.3 Å². The largest absolute Gasteiger partial charge is 0.493 e. The van der Waals surface area contributed by atoms with E-state index in [0.29, 0.717) is 0 Å². The van der Waals surface area contributed by atoms with Crippen LogP contribution in [0.4, 0.5) is 0 Å². The van der Waals surface area contributed by atoms with Crippen LogP contribution in [0, 0.1) is 5.92 Å². The molecule has 1 aliphatic heterocycles. The maximum Gasteiger partial charge on any atom is 0.121 e. The zero-order chi connectivity index (χ0) is 9.80. The molecule has 2 rings (SSSR count). The second kappa shape index (κ2) is 4.80. The van der Waals surface area contributed by atoms with Crippen molar-refractivity contribution in [3.05, 3.63) is 11.8 Å². The van der Waals surface area contributed by atoms with Gasteiger partial charge in [0.1, 0.15) is 18.5 Å². The summed E-state index contributed by atoms with van der Waals surface area (Å²) in [4.78, 5) is 0. The highest BCUT2D eigenvalue weighted by atomic mass is 16.6. The number of hydrogen-bond acceptors (Lipinski definition) is 3. The Morgan fingerprint density at radius 2 is 2.43 bits per heavy atom. The van der Waals surface area contributed by atoms with Crippen molar-refractivity contribution in [1.82, 2.24) is 5.32 Å². The molecular formula is C11H19NO2. The first-order valence-corrected chi connectivity index (χ1v) is 5.49. The van der Waals surface area contributed by atoms with Crippen LogP contribution in [-0.2, 0) is 9.47 Å². The number of rotatable bonds is 3. The van der Waals surface area contributed by atoms with E-state index in [9.17, 15) is 0 Å². The Bertz CT molecular complexity index is 215. The van der Waals surface area contributed by atoms with E-state index in [-0.39, 0.29) is 6.10 Å². The molecule has 1 aliphatic carbocycles. The molecule has 2 unspecified atom stereocenters. The molecule has 3 nitrogen and oxygen atoms in total. The van der Waals surface area contributed by atoms with Gasteiger partial charge in [0.25, 0.3) is 0 Å². The quantitative estimate of drug-likeness (QED) is 0.740. The van der Waals surface area contributed by atoms with Crippen LogP contribution in [0.3, 0.4) is 0 Å². The monoisotopic (exact) mass is 197 g/mol. The molecule has 0 radical (unpaired) electrons. The van der Waals surface area contributed by atoms with Gasteiger partial charge in [-0.1, -0.05) is 0 Å². The molecule has 2 aliphatic rings. The lowest BCUT2D eigenvalue weighted by Gasteiger charge is -2.33. The van der Waals surface area contributed by atoms with E-state index in [1.165, 1.54) is 6.42 Å². The van der Waals surface area contributed by atoms with Crippen molar-refractivity contribution in [3.63, 3.8) is 0 Å². The van der Waals surface area contributed by atoms with Crippen LogP contribution < -0.4 is 5.32 Å². The van der Waals surface area contributed by atoms with Crippen molar-refractivity contribution in [1.29, 1.82) is 0 Å². The van der Waals surface area contributed by atoms with Crippen LogP contribution >= 0.6 is 0 Å². The Morgan fingerprint density at radius 3 is 3.29 bits per heavy atom. The third kappa shape index (κ3) is 2.28. The van der Waals surface area contributed by atoms with E-state index in [1.807, 2.05) is 7.05 Å². The predicted molar refractivity (Wildman–Crippen MR) is 55.0 cm³/mol. The summed E-state index contributed by atoms with van der Waals surface area (Å²) in [5.41, 5.74) is 0. The van der Waals surface area contributed by atoms with Gasteiger partial charge in [-0.3, -0.25) is 0 Å². The fourth-order valence-corrected chi connectivity index (χ4v) is 2.17. The summed E-state index contributed by atoms with van der Waals surface area (Å²) in [7, 11) is 2.00. The molecule has 3 heteroatoms. The van der Waals surface area contributed by atoms with Crippen molar-refractivity contribution in [2.24, 2.45) is 5.92 Å². The molecule has 0 amide bonds. The Balaban J connectivity index is 1.86. The third-order valence-electron chi connectivity index (χ3n) is 2.99. The second-order valence-corrected chi connectivity index (χ2v) is 4.04. The minimum absolute atomic E-state index is 0.249. The number of allylic oxidation sites excluding steroid dienone is 1. The maximum absolute atomic E-state index is 5.68. The van der Waals surface area contributed by atoms with Crippen LogP contribution in [0.15, 0.2) is 11.8 Å². The van der Waals surface area contributed by atoms with Crippen LogP contribution in [0.1, 0.15) is 19.3 Å². The van der Waals surface area contributed by atoms with Crippen LogP contribution in [0.2, 0.25) is 0 Å². The summed E-state index contributed by atoms with van der Waals surface area (Å²) in [6.07, 6.45) is 5.98. The summed E-state index contributed by atoms with van der Waals surface area (Å²) >= 11 is 0. The summed E-state index contributed by atoms with van der Waals surface area (Å²) in [6, 6.07) is 0. The molecule has 0 spiro atoms. The SMILES string of the molecule is CNCCC1CC=C2OCCOC2C1. The Kier molecular flexibility index (Phi) is 3.43. The normalized spacial score (nSPS) is 31.6. The van der Waals surface area contributed by atoms with Gasteiger partial charge < -0.3 is 14.8 Å². The van der Waals surface area contributed by atoms with Crippen molar-refractivity contribution in [3.8, 4) is 0 Å². The predicted octanol–water partition coefficient (Wildman–Crippen LogP) is 1.31. The molecule has 80 valence electrons. The third-order valence-corrected chi connectivity index (χ3v) is 2.99. The molecule has 14 heavy (non-hydrogen) atoms. The van der Waals surface area contributed by atoms with Gasteiger partial charge in [0.15, 0.2) is 0 Å². The highest BCUT2D eigenvalue weighted by molar-refractivity contribution is 5.07. The van der Waals surface area contributed by atoms with Crippen molar-refractivity contribution in [2.45, 2.75) is 25.4 Å². The lowest BCUT2D eigenvalue weighted by atomic mass is 9.88. The minimum Gasteiger partial charge on any atom is -0.493 e. The minimum atomic E-state index is 0.249. The first-order valence-electron chi connectivity index (χ1n) is 5.49. The number of nitrogens with one attached hydrogen (secondary N) is 1. The van der Waals surface area contributed by atoms with Gasteiger partial charge in [0, 0.05) is 0 Å². The maximum atomic E-state index is 5.68. The van der Waals surface area contributed by atoms with E-state index >= 15 is 0 Å². The van der Waals surface area contributed by atoms with E-state index in [4.69, 9.17) is 9.47 Å². The van der Waals surface area contributed by atoms with E-state index in [2.05, 4.69) is 11.4 Å². The molecule has 0 aromatic heterocycles. The van der Waals surface area contributed by atoms with Gasteiger partial charge in [0.2, 0.25) is 0 Å². The van der Waals surface area contributed by atoms with Crippen LogP contribution in [0.25, 0.3) is 0 Å². The standard InChI is InChI=1S/C11H19NO2/c1-12-5-4-9-2-3-10-11(8-9)14-7-6-13-10/h3,9,11-12H,2,4-8H2,1H3. The lowest BCUT2D eigenvalue weighted by Crippen LogP contribution is -2.32. The first-order chi connectivity index (χ1) is 6.90. The highest BCUT2D eigenvalue weighted by Crippen LogP contribution is 2.30. The van der Waals surface area contributed by atoms with Gasteiger partial charge in [-0.05, 0) is 44.8 Å². The first kappa shape index (κ1) is 9.99. The average molecular weight is 197 g/mol. The Morgan fingerprint density at radius 1 is 1.50 bits per heavy atom. The van der Waals surface area contributed by atoms with Crippen LogP contribution in [-0.4, -0.2) is 32.9 Å². The van der Waals surface area contributed by atoms with Crippen molar-refractivity contribution < 1.29 is 9.47 Å². The fraction of sp³-hybridized carbons (Fsp3) is 0.818. The Hall–Kier alpha value is -0.540. The Labute approximate surface area is 85.5 Å². The van der Waals surface area contributed by atoms with Gasteiger partial charge in [-0.2, -0.15) is 0 Å². The van der Waals surface area contributed by atoms with Crippen LogP contribution in [0.5, 0.6) is 0 Å².